The molecule has 0 aliphatic heterocycles. The number of hydrogen-bond donors (Lipinski definition) is 1. The fourth-order valence-corrected chi connectivity index (χ4v) is 3.16. The van der Waals surface area contributed by atoms with Crippen LogP contribution < -0.4 is 10.5 Å². The van der Waals surface area contributed by atoms with Gasteiger partial charge >= 0.3 is 0 Å². The van der Waals surface area contributed by atoms with Crippen LogP contribution in [0.1, 0.15) is 40.2 Å². The second-order valence-corrected chi connectivity index (χ2v) is 6.83. The van der Waals surface area contributed by atoms with Gasteiger partial charge in [0.25, 0.3) is 0 Å². The van der Waals surface area contributed by atoms with Gasteiger partial charge in [0.2, 0.25) is 5.91 Å². The largest absolute Gasteiger partial charge is 0.457 e. The molecule has 1 aliphatic carbocycles. The lowest BCUT2D eigenvalue weighted by Gasteiger charge is -2.10. The summed E-state index contributed by atoms with van der Waals surface area (Å²) in [5.74, 6) is 0.908. The van der Waals surface area contributed by atoms with Crippen LogP contribution in [-0.4, -0.2) is 10.9 Å². The van der Waals surface area contributed by atoms with Gasteiger partial charge in [-0.05, 0) is 73.2 Å². The lowest BCUT2D eigenvalue weighted by molar-refractivity contribution is 0.0999. The number of nitrogens with zero attached hydrogens (tertiary/aromatic N) is 1. The molecule has 1 saturated carbocycles. The van der Waals surface area contributed by atoms with Gasteiger partial charge in [-0.15, -0.1) is 0 Å². The monoisotopic (exact) mass is 362 g/mol. The molecule has 1 aliphatic rings. The summed E-state index contributed by atoms with van der Waals surface area (Å²) in [5.41, 5.74) is 8.95. The number of primary amides is 1. The number of carbonyl (C=O) groups excluding carboxylic acids is 1. The summed E-state index contributed by atoms with van der Waals surface area (Å²) < 4.78 is 19.8. The average molecular weight is 362 g/mol. The highest BCUT2D eigenvalue weighted by atomic mass is 19.1. The van der Waals surface area contributed by atoms with Gasteiger partial charge in [0.1, 0.15) is 17.3 Å². The van der Waals surface area contributed by atoms with Crippen LogP contribution in [0, 0.1) is 12.7 Å². The van der Waals surface area contributed by atoms with Crippen molar-refractivity contribution in [3.05, 3.63) is 77.2 Å². The molecule has 5 heteroatoms. The molecule has 0 radical (unpaired) electrons. The topological polar surface area (TPSA) is 65.2 Å². The number of nitrogens with two attached hydrogens (primary N) is 1. The van der Waals surface area contributed by atoms with Gasteiger partial charge in [-0.1, -0.05) is 6.07 Å². The Balaban J connectivity index is 1.60. The van der Waals surface area contributed by atoms with E-state index in [2.05, 4.69) is 4.98 Å². The van der Waals surface area contributed by atoms with Gasteiger partial charge < -0.3 is 10.5 Å². The van der Waals surface area contributed by atoms with E-state index in [-0.39, 0.29) is 5.82 Å². The van der Waals surface area contributed by atoms with Crippen molar-refractivity contribution in [3.8, 4) is 22.8 Å². The van der Waals surface area contributed by atoms with Crippen molar-refractivity contribution in [2.24, 2.45) is 5.73 Å². The summed E-state index contributed by atoms with van der Waals surface area (Å²) in [6.07, 6.45) is 3.72. The molecule has 1 aromatic heterocycles. The molecule has 0 atom stereocenters. The zero-order valence-electron chi connectivity index (χ0n) is 14.9. The first-order valence-electron chi connectivity index (χ1n) is 8.85. The van der Waals surface area contributed by atoms with Crippen molar-refractivity contribution in [2.45, 2.75) is 25.7 Å². The third-order valence-electron chi connectivity index (χ3n) is 4.74. The van der Waals surface area contributed by atoms with Crippen LogP contribution in [0.2, 0.25) is 0 Å². The first-order chi connectivity index (χ1) is 13.0. The summed E-state index contributed by atoms with van der Waals surface area (Å²) >= 11 is 0. The van der Waals surface area contributed by atoms with E-state index >= 15 is 0 Å². The zero-order chi connectivity index (χ0) is 19.0. The molecule has 1 amide bonds. The number of amides is 1. The van der Waals surface area contributed by atoms with Crippen LogP contribution in [0.25, 0.3) is 11.3 Å². The minimum atomic E-state index is -0.452. The van der Waals surface area contributed by atoms with E-state index in [1.165, 1.54) is 6.07 Å². The van der Waals surface area contributed by atoms with E-state index in [1.807, 2.05) is 25.1 Å². The van der Waals surface area contributed by atoms with Gasteiger partial charge in [-0.2, -0.15) is 0 Å². The van der Waals surface area contributed by atoms with Crippen molar-refractivity contribution in [1.29, 1.82) is 0 Å². The Morgan fingerprint density at radius 2 is 1.89 bits per heavy atom. The van der Waals surface area contributed by atoms with E-state index in [0.717, 1.165) is 35.2 Å². The molecule has 2 aromatic carbocycles. The maximum atomic E-state index is 13.9. The minimum absolute atomic E-state index is 0.176. The molecule has 0 spiro atoms. The van der Waals surface area contributed by atoms with Gasteiger partial charge in [-0.25, -0.2) is 4.39 Å². The number of rotatable bonds is 5. The predicted octanol–water partition coefficient (Wildman–Crippen LogP) is 4.96. The maximum absolute atomic E-state index is 13.9. The Morgan fingerprint density at radius 1 is 1.11 bits per heavy atom. The van der Waals surface area contributed by atoms with Crippen molar-refractivity contribution in [3.63, 3.8) is 0 Å². The number of ether oxygens (including phenoxy) is 1. The molecular weight excluding hydrogens is 343 g/mol. The third kappa shape index (κ3) is 3.67. The molecule has 3 aromatic rings. The second kappa shape index (κ2) is 6.83. The first kappa shape index (κ1) is 17.2. The average Bonchev–Trinajstić information content (AvgIpc) is 3.48. The number of aromatic nitrogens is 1. The number of carbonyl (C=O) groups is 1. The Bertz CT molecular complexity index is 1030. The molecule has 0 saturated heterocycles. The SMILES string of the molecule is Cc1cc(-c2cc(Oc3ccc(F)c(C4CC4)c3)ccn2)ccc1C(N)=O. The van der Waals surface area contributed by atoms with E-state index in [1.54, 1.807) is 30.5 Å². The van der Waals surface area contributed by atoms with Crippen LogP contribution in [0.4, 0.5) is 4.39 Å². The lowest BCUT2D eigenvalue weighted by Crippen LogP contribution is -2.12. The Kier molecular flexibility index (Phi) is 4.36. The molecule has 136 valence electrons. The van der Waals surface area contributed by atoms with Crippen LogP contribution in [0.5, 0.6) is 11.5 Å². The van der Waals surface area contributed by atoms with Crippen molar-refractivity contribution in [2.75, 3.05) is 0 Å². The Labute approximate surface area is 156 Å². The fraction of sp³-hybridized carbons (Fsp3) is 0.182. The number of aryl methyl sites for hydroxylation is 1. The Morgan fingerprint density at radius 3 is 2.59 bits per heavy atom. The van der Waals surface area contributed by atoms with Crippen LogP contribution >= 0.6 is 0 Å². The van der Waals surface area contributed by atoms with E-state index in [9.17, 15) is 9.18 Å². The van der Waals surface area contributed by atoms with E-state index in [4.69, 9.17) is 10.5 Å². The molecule has 27 heavy (non-hydrogen) atoms. The summed E-state index contributed by atoms with van der Waals surface area (Å²) in [5, 5.41) is 0. The predicted molar refractivity (Wildman–Crippen MR) is 101 cm³/mol. The molecule has 1 heterocycles. The van der Waals surface area contributed by atoms with Gasteiger partial charge in [0.15, 0.2) is 0 Å². The number of hydrogen-bond acceptors (Lipinski definition) is 3. The highest BCUT2D eigenvalue weighted by Crippen LogP contribution is 2.42. The normalized spacial score (nSPS) is 13.4. The first-order valence-corrected chi connectivity index (χ1v) is 8.85. The molecular formula is C22H19FN2O2. The van der Waals surface area contributed by atoms with E-state index < -0.39 is 5.91 Å². The highest BCUT2D eigenvalue weighted by molar-refractivity contribution is 5.94. The zero-order valence-corrected chi connectivity index (χ0v) is 14.9. The van der Waals surface area contributed by atoms with Crippen molar-refractivity contribution >= 4 is 5.91 Å². The molecule has 0 bridgehead atoms. The molecule has 2 N–H and O–H groups in total. The summed E-state index contributed by atoms with van der Waals surface area (Å²) in [6.45, 7) is 1.84. The standard InChI is InChI=1S/C22H19FN2O2/c1-13-10-15(4-6-18(13)22(24)26)21-12-17(8-9-25-21)27-16-5-7-20(23)19(11-16)14-2-3-14/h4-12,14H,2-3H2,1H3,(H2,24,26). The smallest absolute Gasteiger partial charge is 0.248 e. The minimum Gasteiger partial charge on any atom is -0.457 e. The molecule has 1 fully saturated rings. The summed E-state index contributed by atoms with van der Waals surface area (Å²) in [4.78, 5) is 15.8. The third-order valence-corrected chi connectivity index (χ3v) is 4.74. The molecule has 0 unspecified atom stereocenters. The lowest BCUT2D eigenvalue weighted by atomic mass is 10.0. The quantitative estimate of drug-likeness (QED) is 0.697. The van der Waals surface area contributed by atoms with E-state index in [0.29, 0.717) is 23.0 Å². The fourth-order valence-electron chi connectivity index (χ4n) is 3.16. The van der Waals surface area contributed by atoms with Crippen LogP contribution in [-0.2, 0) is 0 Å². The number of pyridine rings is 1. The summed E-state index contributed by atoms with van der Waals surface area (Å²) in [7, 11) is 0. The Hall–Kier alpha value is -3.21. The maximum Gasteiger partial charge on any atom is 0.248 e. The van der Waals surface area contributed by atoms with Gasteiger partial charge in [0, 0.05) is 23.4 Å². The van der Waals surface area contributed by atoms with Gasteiger partial charge in [0.05, 0.1) is 5.69 Å². The second-order valence-electron chi connectivity index (χ2n) is 6.83. The van der Waals surface area contributed by atoms with Crippen LogP contribution in [0.3, 0.4) is 0 Å². The highest BCUT2D eigenvalue weighted by Gasteiger charge is 2.26. The number of benzene rings is 2. The van der Waals surface area contributed by atoms with Crippen molar-refractivity contribution < 1.29 is 13.9 Å². The molecule has 4 rings (SSSR count). The van der Waals surface area contributed by atoms with Gasteiger partial charge in [-0.3, -0.25) is 9.78 Å². The summed E-state index contributed by atoms with van der Waals surface area (Å²) in [6, 6.07) is 13.8. The van der Waals surface area contributed by atoms with Crippen molar-refractivity contribution in [1.82, 2.24) is 4.98 Å². The number of halogens is 1. The molecule has 4 nitrogen and oxygen atoms in total. The van der Waals surface area contributed by atoms with Crippen LogP contribution in [0.15, 0.2) is 54.7 Å².